The molecule has 5 nitrogen and oxygen atoms in total. The molecular weight excluding hydrogens is 461 g/mol. The lowest BCUT2D eigenvalue weighted by Crippen LogP contribution is -2.46. The molecule has 2 heterocycles. The standard InChI is InChI=1S/C22H35N5.HI/c1-18(2)27-13-6-8-19(17-27)16-25-22(23-3)24-12-7-14-26-15-11-20-9-4-5-10-21(20)26;/h4-5,9-11,15,18-19H,6-8,12-14,16-17H2,1-3H3,(H2,23,24,25);1H. The third-order valence-electron chi connectivity index (χ3n) is 5.61. The molecule has 3 rings (SSSR count). The summed E-state index contributed by atoms with van der Waals surface area (Å²) in [5.74, 6) is 1.64. The largest absolute Gasteiger partial charge is 0.356 e. The van der Waals surface area contributed by atoms with Crippen LogP contribution >= 0.6 is 24.0 Å². The zero-order chi connectivity index (χ0) is 19.1. The fourth-order valence-electron chi connectivity index (χ4n) is 3.99. The highest BCUT2D eigenvalue weighted by atomic mass is 127. The highest BCUT2D eigenvalue weighted by Gasteiger charge is 2.21. The summed E-state index contributed by atoms with van der Waals surface area (Å²) in [6.07, 6.45) is 5.88. The van der Waals surface area contributed by atoms with Crippen LogP contribution in [0, 0.1) is 5.92 Å². The molecule has 28 heavy (non-hydrogen) atoms. The van der Waals surface area contributed by atoms with Gasteiger partial charge in [0, 0.05) is 51.0 Å². The van der Waals surface area contributed by atoms with Crippen molar-refractivity contribution in [3.63, 3.8) is 0 Å². The van der Waals surface area contributed by atoms with Gasteiger partial charge in [0.15, 0.2) is 5.96 Å². The molecule has 1 aromatic heterocycles. The van der Waals surface area contributed by atoms with Crippen LogP contribution in [0.3, 0.4) is 0 Å². The fraction of sp³-hybridized carbons (Fsp3) is 0.591. The summed E-state index contributed by atoms with van der Waals surface area (Å²) in [6.45, 7) is 9.98. The number of hydrogen-bond donors (Lipinski definition) is 2. The Balaban J connectivity index is 0.00000280. The molecule has 1 aliphatic rings. The predicted octanol–water partition coefficient (Wildman–Crippen LogP) is 3.93. The lowest BCUT2D eigenvalue weighted by molar-refractivity contribution is 0.141. The number of halogens is 1. The maximum Gasteiger partial charge on any atom is 0.190 e. The number of hydrogen-bond acceptors (Lipinski definition) is 2. The first kappa shape index (κ1) is 23.0. The SMILES string of the molecule is CN=C(NCCCn1ccc2ccccc21)NCC1CCCN(C(C)C)C1.I. The van der Waals surface area contributed by atoms with E-state index in [9.17, 15) is 0 Å². The number of nitrogens with one attached hydrogen (secondary N) is 2. The highest BCUT2D eigenvalue weighted by molar-refractivity contribution is 14.0. The predicted molar refractivity (Wildman–Crippen MR) is 131 cm³/mol. The zero-order valence-corrected chi connectivity index (χ0v) is 19.9. The van der Waals surface area contributed by atoms with Crippen LogP contribution in [0.5, 0.6) is 0 Å². The van der Waals surface area contributed by atoms with E-state index >= 15 is 0 Å². The van der Waals surface area contributed by atoms with Crippen LogP contribution in [-0.2, 0) is 6.54 Å². The summed E-state index contributed by atoms with van der Waals surface area (Å²) in [4.78, 5) is 6.98. The summed E-state index contributed by atoms with van der Waals surface area (Å²) in [6, 6.07) is 11.4. The normalized spacial score (nSPS) is 18.3. The molecule has 1 aromatic carbocycles. The molecule has 2 N–H and O–H groups in total. The second kappa shape index (κ2) is 11.7. The summed E-state index contributed by atoms with van der Waals surface area (Å²) >= 11 is 0. The van der Waals surface area contributed by atoms with Gasteiger partial charge in [-0.1, -0.05) is 18.2 Å². The number of likely N-dealkylation sites (tertiary alicyclic amines) is 1. The number of para-hydroxylation sites is 1. The van der Waals surface area contributed by atoms with E-state index in [1.165, 1.54) is 36.8 Å². The minimum absolute atomic E-state index is 0. The van der Waals surface area contributed by atoms with E-state index in [1.807, 2.05) is 7.05 Å². The average molecular weight is 497 g/mol. The summed E-state index contributed by atoms with van der Waals surface area (Å²) in [5, 5.41) is 8.30. The van der Waals surface area contributed by atoms with E-state index in [4.69, 9.17) is 0 Å². The molecule has 2 aromatic rings. The molecule has 0 radical (unpaired) electrons. The Kier molecular flexibility index (Phi) is 9.58. The topological polar surface area (TPSA) is 44.6 Å². The fourth-order valence-corrected chi connectivity index (χ4v) is 3.99. The van der Waals surface area contributed by atoms with Crippen LogP contribution in [0.4, 0.5) is 0 Å². The zero-order valence-electron chi connectivity index (χ0n) is 17.5. The smallest absolute Gasteiger partial charge is 0.190 e. The van der Waals surface area contributed by atoms with Crippen molar-refractivity contribution in [2.45, 2.75) is 45.7 Å². The van der Waals surface area contributed by atoms with Gasteiger partial charge in [0.05, 0.1) is 0 Å². The van der Waals surface area contributed by atoms with Gasteiger partial charge in [-0.15, -0.1) is 24.0 Å². The van der Waals surface area contributed by atoms with E-state index < -0.39 is 0 Å². The first-order chi connectivity index (χ1) is 13.2. The Labute approximate surface area is 187 Å². The minimum atomic E-state index is 0. The third kappa shape index (κ3) is 6.37. The Bertz CT molecular complexity index is 739. The van der Waals surface area contributed by atoms with Gasteiger partial charge in [0.2, 0.25) is 0 Å². The van der Waals surface area contributed by atoms with E-state index in [0.29, 0.717) is 12.0 Å². The summed E-state index contributed by atoms with van der Waals surface area (Å²) < 4.78 is 2.33. The number of aromatic nitrogens is 1. The van der Waals surface area contributed by atoms with Gasteiger partial charge in [0.25, 0.3) is 0 Å². The van der Waals surface area contributed by atoms with Gasteiger partial charge in [-0.3, -0.25) is 4.99 Å². The Morgan fingerprint density at radius 3 is 2.82 bits per heavy atom. The summed E-state index contributed by atoms with van der Waals surface area (Å²) in [5.41, 5.74) is 1.31. The number of aryl methyl sites for hydroxylation is 1. The number of benzene rings is 1. The van der Waals surface area contributed by atoms with Crippen molar-refractivity contribution in [1.29, 1.82) is 0 Å². The van der Waals surface area contributed by atoms with E-state index in [2.05, 4.69) is 75.5 Å². The maximum atomic E-state index is 4.39. The number of nitrogens with zero attached hydrogens (tertiary/aromatic N) is 3. The van der Waals surface area contributed by atoms with Crippen molar-refractivity contribution in [2.75, 3.05) is 33.2 Å². The Morgan fingerprint density at radius 2 is 2.04 bits per heavy atom. The molecule has 0 saturated carbocycles. The lowest BCUT2D eigenvalue weighted by atomic mass is 9.97. The van der Waals surface area contributed by atoms with E-state index in [0.717, 1.165) is 32.0 Å². The van der Waals surface area contributed by atoms with Crippen LogP contribution in [0.1, 0.15) is 33.1 Å². The van der Waals surface area contributed by atoms with Gasteiger partial charge in [-0.05, 0) is 63.1 Å². The Morgan fingerprint density at radius 1 is 1.21 bits per heavy atom. The van der Waals surface area contributed by atoms with Crippen molar-refractivity contribution in [1.82, 2.24) is 20.1 Å². The molecule has 1 saturated heterocycles. The van der Waals surface area contributed by atoms with Crippen LogP contribution < -0.4 is 10.6 Å². The quantitative estimate of drug-likeness (QED) is 0.264. The van der Waals surface area contributed by atoms with E-state index in [1.54, 1.807) is 0 Å². The third-order valence-corrected chi connectivity index (χ3v) is 5.61. The van der Waals surface area contributed by atoms with Crippen molar-refractivity contribution < 1.29 is 0 Å². The molecule has 0 spiro atoms. The molecular formula is C22H36IN5. The van der Waals surface area contributed by atoms with Crippen molar-refractivity contribution in [2.24, 2.45) is 10.9 Å². The molecule has 6 heteroatoms. The molecule has 1 fully saturated rings. The van der Waals surface area contributed by atoms with Gasteiger partial charge in [0.1, 0.15) is 0 Å². The highest BCUT2D eigenvalue weighted by Crippen LogP contribution is 2.17. The number of guanidine groups is 1. The number of fused-ring (bicyclic) bond motifs is 1. The molecule has 1 aliphatic heterocycles. The number of aliphatic imine (C=N–C) groups is 1. The second-order valence-electron chi connectivity index (χ2n) is 7.90. The molecule has 0 bridgehead atoms. The number of piperidine rings is 1. The average Bonchev–Trinajstić information content (AvgIpc) is 3.11. The first-order valence-corrected chi connectivity index (χ1v) is 10.4. The molecule has 156 valence electrons. The molecule has 1 atom stereocenters. The molecule has 0 aliphatic carbocycles. The monoisotopic (exact) mass is 497 g/mol. The van der Waals surface area contributed by atoms with Crippen molar-refractivity contribution in [3.8, 4) is 0 Å². The maximum absolute atomic E-state index is 4.39. The molecule has 1 unspecified atom stereocenters. The van der Waals surface area contributed by atoms with Gasteiger partial charge < -0.3 is 20.1 Å². The number of rotatable bonds is 7. The van der Waals surface area contributed by atoms with Crippen LogP contribution in [0.2, 0.25) is 0 Å². The van der Waals surface area contributed by atoms with Gasteiger partial charge >= 0.3 is 0 Å². The van der Waals surface area contributed by atoms with Crippen LogP contribution in [-0.4, -0.2) is 54.7 Å². The summed E-state index contributed by atoms with van der Waals surface area (Å²) in [7, 11) is 1.86. The second-order valence-corrected chi connectivity index (χ2v) is 7.90. The molecule has 0 amide bonds. The van der Waals surface area contributed by atoms with Crippen LogP contribution in [0.15, 0.2) is 41.5 Å². The first-order valence-electron chi connectivity index (χ1n) is 10.4. The van der Waals surface area contributed by atoms with Gasteiger partial charge in [-0.2, -0.15) is 0 Å². The minimum Gasteiger partial charge on any atom is -0.356 e. The van der Waals surface area contributed by atoms with Gasteiger partial charge in [-0.25, -0.2) is 0 Å². The van der Waals surface area contributed by atoms with Crippen molar-refractivity contribution in [3.05, 3.63) is 36.5 Å². The van der Waals surface area contributed by atoms with Crippen LogP contribution in [0.25, 0.3) is 10.9 Å². The van der Waals surface area contributed by atoms with Crippen molar-refractivity contribution >= 4 is 40.8 Å². The Hall–Kier alpha value is -1.28. The lowest BCUT2D eigenvalue weighted by Gasteiger charge is -2.35. The van der Waals surface area contributed by atoms with E-state index in [-0.39, 0.29) is 24.0 Å².